The second-order valence-corrected chi connectivity index (χ2v) is 7.80. The van der Waals surface area contributed by atoms with Crippen LogP contribution in [0.3, 0.4) is 0 Å². The van der Waals surface area contributed by atoms with Crippen molar-refractivity contribution < 1.29 is 19.1 Å². The van der Waals surface area contributed by atoms with Gasteiger partial charge in [-0.05, 0) is 42.0 Å². The number of carbonyl (C=O) groups is 2. The molecule has 26 heavy (non-hydrogen) atoms. The first-order chi connectivity index (χ1) is 12.5. The highest BCUT2D eigenvalue weighted by atomic mass is 79.9. The maximum absolute atomic E-state index is 12.3. The molecule has 5 nitrogen and oxygen atoms in total. The van der Waals surface area contributed by atoms with Crippen molar-refractivity contribution in [2.45, 2.75) is 0 Å². The van der Waals surface area contributed by atoms with Gasteiger partial charge in [0.15, 0.2) is 11.5 Å². The molecule has 0 saturated carbocycles. The molecule has 0 unspecified atom stereocenters. The molecular formula is C18H12BrNO4S2. The summed E-state index contributed by atoms with van der Waals surface area (Å²) in [5.74, 6) is -0.0525. The van der Waals surface area contributed by atoms with Crippen LogP contribution >= 0.6 is 39.9 Å². The first kappa shape index (κ1) is 18.6. The molecule has 1 amide bonds. The Balaban J connectivity index is 1.83. The quantitative estimate of drug-likeness (QED) is 0.327. The number of hydrogen-bond acceptors (Lipinski definition) is 6. The number of amides is 1. The zero-order valence-corrected chi connectivity index (χ0v) is 16.7. The van der Waals surface area contributed by atoms with Crippen molar-refractivity contribution in [2.24, 2.45) is 0 Å². The summed E-state index contributed by atoms with van der Waals surface area (Å²) in [4.78, 5) is 24.5. The number of halogens is 1. The van der Waals surface area contributed by atoms with Crippen molar-refractivity contribution in [3.8, 4) is 11.5 Å². The Labute approximate surface area is 167 Å². The lowest BCUT2D eigenvalue weighted by atomic mass is 10.2. The number of hydrogen-bond donors (Lipinski definition) is 1. The molecule has 132 valence electrons. The molecule has 1 aliphatic rings. The fraction of sp³-hybridized carbons (Fsp3) is 0.0556. The van der Waals surface area contributed by atoms with Gasteiger partial charge in [0.25, 0.3) is 5.91 Å². The monoisotopic (exact) mass is 449 g/mol. The Morgan fingerprint density at radius 3 is 2.69 bits per heavy atom. The van der Waals surface area contributed by atoms with E-state index in [9.17, 15) is 9.59 Å². The molecule has 0 spiro atoms. The SMILES string of the molecule is COc1cc(/C=C2\SC(=S)NC2=O)ccc1OC(=O)c1cccc(Br)c1. The summed E-state index contributed by atoms with van der Waals surface area (Å²) in [6.45, 7) is 0. The molecule has 1 heterocycles. The van der Waals surface area contributed by atoms with E-state index in [4.69, 9.17) is 21.7 Å². The van der Waals surface area contributed by atoms with Crippen LogP contribution in [-0.4, -0.2) is 23.3 Å². The maximum Gasteiger partial charge on any atom is 0.343 e. The minimum Gasteiger partial charge on any atom is -0.493 e. The molecule has 3 rings (SSSR count). The smallest absolute Gasteiger partial charge is 0.343 e. The number of ether oxygens (including phenoxy) is 2. The number of thioether (sulfide) groups is 1. The predicted octanol–water partition coefficient (Wildman–Crippen LogP) is 4.17. The summed E-state index contributed by atoms with van der Waals surface area (Å²) >= 11 is 9.48. The van der Waals surface area contributed by atoms with Gasteiger partial charge in [0.05, 0.1) is 17.6 Å². The predicted molar refractivity (Wildman–Crippen MR) is 108 cm³/mol. The molecule has 0 aromatic heterocycles. The zero-order chi connectivity index (χ0) is 18.7. The number of thiocarbonyl (C=S) groups is 1. The van der Waals surface area contributed by atoms with Gasteiger partial charge in [0.1, 0.15) is 4.32 Å². The minimum atomic E-state index is -0.494. The van der Waals surface area contributed by atoms with Crippen molar-refractivity contribution in [1.29, 1.82) is 0 Å². The van der Waals surface area contributed by atoms with Crippen LogP contribution in [0.5, 0.6) is 11.5 Å². The van der Waals surface area contributed by atoms with Crippen LogP contribution in [0, 0.1) is 0 Å². The average molecular weight is 450 g/mol. The molecule has 1 N–H and O–H groups in total. The van der Waals surface area contributed by atoms with Crippen molar-refractivity contribution in [1.82, 2.24) is 5.32 Å². The molecule has 2 aromatic rings. The number of methoxy groups -OCH3 is 1. The molecule has 0 aliphatic carbocycles. The van der Waals surface area contributed by atoms with Gasteiger partial charge in [-0.3, -0.25) is 4.79 Å². The Hall–Kier alpha value is -2.16. The molecule has 8 heteroatoms. The third-order valence-electron chi connectivity index (χ3n) is 3.39. The van der Waals surface area contributed by atoms with Crippen molar-refractivity contribution in [3.63, 3.8) is 0 Å². The van der Waals surface area contributed by atoms with E-state index >= 15 is 0 Å². The summed E-state index contributed by atoms with van der Waals surface area (Å²) in [5.41, 5.74) is 1.15. The summed E-state index contributed by atoms with van der Waals surface area (Å²) in [6, 6.07) is 11.9. The Kier molecular flexibility index (Phi) is 5.75. The first-order valence-corrected chi connectivity index (χ1v) is 9.38. The van der Waals surface area contributed by atoms with Crippen molar-refractivity contribution in [2.75, 3.05) is 7.11 Å². The van der Waals surface area contributed by atoms with Crippen LogP contribution < -0.4 is 14.8 Å². The second-order valence-electron chi connectivity index (χ2n) is 5.16. The van der Waals surface area contributed by atoms with Gasteiger partial charge in [-0.15, -0.1) is 0 Å². The van der Waals surface area contributed by atoms with Crippen molar-refractivity contribution >= 4 is 62.2 Å². The molecule has 0 atom stereocenters. The van der Waals surface area contributed by atoms with E-state index in [1.165, 1.54) is 18.9 Å². The minimum absolute atomic E-state index is 0.232. The number of nitrogens with one attached hydrogen (secondary N) is 1. The molecule has 0 radical (unpaired) electrons. The van der Waals surface area contributed by atoms with Crippen LogP contribution in [0.2, 0.25) is 0 Å². The highest BCUT2D eigenvalue weighted by Crippen LogP contribution is 2.32. The summed E-state index contributed by atoms with van der Waals surface area (Å²) < 4.78 is 11.9. The van der Waals surface area contributed by atoms with Crippen LogP contribution in [-0.2, 0) is 4.79 Å². The molecule has 1 saturated heterocycles. The fourth-order valence-corrected chi connectivity index (χ4v) is 3.65. The van der Waals surface area contributed by atoms with Crippen LogP contribution in [0.15, 0.2) is 51.8 Å². The number of esters is 1. The highest BCUT2D eigenvalue weighted by molar-refractivity contribution is 9.10. The third-order valence-corrected chi connectivity index (χ3v) is 5.05. The Morgan fingerprint density at radius 2 is 2.04 bits per heavy atom. The lowest BCUT2D eigenvalue weighted by Gasteiger charge is -2.10. The van der Waals surface area contributed by atoms with E-state index in [2.05, 4.69) is 21.2 Å². The van der Waals surface area contributed by atoms with Crippen molar-refractivity contribution in [3.05, 3.63) is 63.0 Å². The fourth-order valence-electron chi connectivity index (χ4n) is 2.20. The highest BCUT2D eigenvalue weighted by Gasteiger charge is 2.22. The molecule has 0 bridgehead atoms. The van der Waals surface area contributed by atoms with Gasteiger partial charge in [-0.25, -0.2) is 4.79 Å². The van der Waals surface area contributed by atoms with Gasteiger partial charge in [-0.1, -0.05) is 52.0 Å². The van der Waals surface area contributed by atoms with Gasteiger partial charge in [-0.2, -0.15) is 0 Å². The standard InChI is InChI=1S/C18H12BrNO4S2/c1-23-14-7-10(8-15-16(21)20-18(25)26-15)5-6-13(14)24-17(22)11-3-2-4-12(19)9-11/h2-9H,1H3,(H,20,21,25)/b15-8-. The van der Waals surface area contributed by atoms with Crippen LogP contribution in [0.25, 0.3) is 6.08 Å². The summed E-state index contributed by atoms with van der Waals surface area (Å²) in [6.07, 6.45) is 1.70. The van der Waals surface area contributed by atoms with Gasteiger partial charge in [0.2, 0.25) is 0 Å². The summed E-state index contributed by atoms with van der Waals surface area (Å²) in [7, 11) is 1.48. The van der Waals surface area contributed by atoms with E-state index in [0.29, 0.717) is 26.3 Å². The average Bonchev–Trinajstić information content (AvgIpc) is 2.93. The number of benzene rings is 2. The molecular weight excluding hydrogens is 438 g/mol. The largest absolute Gasteiger partial charge is 0.493 e. The number of rotatable bonds is 4. The second kappa shape index (κ2) is 8.03. The summed E-state index contributed by atoms with van der Waals surface area (Å²) in [5, 5.41) is 2.56. The Bertz CT molecular complexity index is 943. The van der Waals surface area contributed by atoms with E-state index in [0.717, 1.165) is 10.0 Å². The number of carbonyl (C=O) groups excluding carboxylic acids is 2. The molecule has 1 aliphatic heterocycles. The van der Waals surface area contributed by atoms with E-state index < -0.39 is 5.97 Å². The van der Waals surface area contributed by atoms with Crippen LogP contribution in [0.1, 0.15) is 15.9 Å². The van der Waals surface area contributed by atoms with E-state index in [1.54, 1.807) is 42.5 Å². The Morgan fingerprint density at radius 1 is 1.23 bits per heavy atom. The van der Waals surface area contributed by atoms with Gasteiger partial charge in [0, 0.05) is 4.47 Å². The van der Waals surface area contributed by atoms with E-state index in [1.807, 2.05) is 6.07 Å². The lowest BCUT2D eigenvalue weighted by molar-refractivity contribution is -0.115. The zero-order valence-electron chi connectivity index (χ0n) is 13.4. The van der Waals surface area contributed by atoms with E-state index in [-0.39, 0.29) is 5.91 Å². The topological polar surface area (TPSA) is 64.6 Å². The first-order valence-electron chi connectivity index (χ1n) is 7.37. The maximum atomic E-state index is 12.3. The van der Waals surface area contributed by atoms with Crippen LogP contribution in [0.4, 0.5) is 0 Å². The molecule has 2 aromatic carbocycles. The molecule has 1 fully saturated rings. The van der Waals surface area contributed by atoms with Gasteiger partial charge >= 0.3 is 5.97 Å². The van der Waals surface area contributed by atoms with Gasteiger partial charge < -0.3 is 14.8 Å². The lowest BCUT2D eigenvalue weighted by Crippen LogP contribution is -2.17. The third kappa shape index (κ3) is 4.32. The normalized spacial score (nSPS) is 15.1.